The molecule has 1 aliphatic rings. The van der Waals surface area contributed by atoms with Crippen LogP contribution in [0.2, 0.25) is 0 Å². The fraction of sp³-hybridized carbons (Fsp3) is 1.00. The van der Waals surface area contributed by atoms with Gasteiger partial charge in [0.25, 0.3) is 0 Å². The van der Waals surface area contributed by atoms with Crippen molar-refractivity contribution in [1.82, 2.24) is 4.90 Å². The summed E-state index contributed by atoms with van der Waals surface area (Å²) in [5, 5.41) is 0. The molecule has 1 atom stereocenters. The highest BCUT2D eigenvalue weighted by molar-refractivity contribution is 5.04. The maximum absolute atomic E-state index is 6.20. The summed E-state index contributed by atoms with van der Waals surface area (Å²) in [5.41, 5.74) is 6.41. The van der Waals surface area contributed by atoms with Crippen molar-refractivity contribution >= 4 is 0 Å². The number of hydrogen-bond donors (Lipinski definition) is 1. The Morgan fingerprint density at radius 2 is 1.89 bits per heavy atom. The highest BCUT2D eigenvalue weighted by Gasteiger charge is 2.48. The highest BCUT2D eigenvalue weighted by atomic mass is 16.5. The Labute approximate surface area is 113 Å². The Bertz CT molecular complexity index is 221. The summed E-state index contributed by atoms with van der Waals surface area (Å²) < 4.78 is 5.31. The molecule has 3 heteroatoms. The lowest BCUT2D eigenvalue weighted by atomic mass is 9.85. The smallest absolute Gasteiger partial charge is 0.0590 e. The van der Waals surface area contributed by atoms with Gasteiger partial charge < -0.3 is 10.5 Å². The molecule has 18 heavy (non-hydrogen) atoms. The van der Waals surface area contributed by atoms with Gasteiger partial charge in [-0.1, -0.05) is 20.8 Å². The standard InChI is InChI=1S/C15H32N2O/c1-5-14(6-2)17(10-11-18-4)15(7-3,12-16)13-8-9-13/h13-14H,5-12,16H2,1-4H3. The predicted molar refractivity (Wildman–Crippen MR) is 77.8 cm³/mol. The van der Waals surface area contributed by atoms with Crippen LogP contribution in [0.5, 0.6) is 0 Å². The van der Waals surface area contributed by atoms with Crippen molar-refractivity contribution in [2.75, 3.05) is 26.8 Å². The highest BCUT2D eigenvalue weighted by Crippen LogP contribution is 2.45. The van der Waals surface area contributed by atoms with Crippen LogP contribution < -0.4 is 5.73 Å². The van der Waals surface area contributed by atoms with Gasteiger partial charge in [0.2, 0.25) is 0 Å². The fourth-order valence-corrected chi connectivity index (χ4v) is 3.46. The molecule has 0 aliphatic heterocycles. The molecule has 0 aromatic heterocycles. The van der Waals surface area contributed by atoms with E-state index < -0.39 is 0 Å². The summed E-state index contributed by atoms with van der Waals surface area (Å²) in [4.78, 5) is 2.67. The Balaban J connectivity index is 2.88. The molecule has 1 saturated carbocycles. The van der Waals surface area contributed by atoms with Gasteiger partial charge in [-0.15, -0.1) is 0 Å². The molecule has 2 N–H and O–H groups in total. The third-order valence-electron chi connectivity index (χ3n) is 4.79. The molecule has 0 amide bonds. The molecule has 0 spiro atoms. The monoisotopic (exact) mass is 256 g/mol. The largest absolute Gasteiger partial charge is 0.383 e. The predicted octanol–water partition coefficient (Wildman–Crippen LogP) is 2.64. The van der Waals surface area contributed by atoms with E-state index in [1.54, 1.807) is 7.11 Å². The first-order valence-electron chi connectivity index (χ1n) is 7.65. The number of methoxy groups -OCH3 is 1. The summed E-state index contributed by atoms with van der Waals surface area (Å²) in [6.45, 7) is 9.49. The number of hydrogen-bond acceptors (Lipinski definition) is 3. The zero-order chi connectivity index (χ0) is 13.6. The molecule has 1 aliphatic carbocycles. The molecule has 0 heterocycles. The second kappa shape index (κ2) is 7.46. The molecule has 0 saturated heterocycles. The molecular formula is C15H32N2O. The number of nitrogens with two attached hydrogens (primary N) is 1. The van der Waals surface area contributed by atoms with Gasteiger partial charge in [0.05, 0.1) is 6.61 Å². The van der Waals surface area contributed by atoms with E-state index in [1.165, 1.54) is 25.7 Å². The van der Waals surface area contributed by atoms with E-state index in [1.807, 2.05) is 0 Å². The Kier molecular flexibility index (Phi) is 6.61. The van der Waals surface area contributed by atoms with Crippen LogP contribution in [0.1, 0.15) is 52.9 Å². The second-order valence-electron chi connectivity index (χ2n) is 5.59. The minimum Gasteiger partial charge on any atom is -0.383 e. The van der Waals surface area contributed by atoms with Gasteiger partial charge in [-0.2, -0.15) is 0 Å². The summed E-state index contributed by atoms with van der Waals surface area (Å²) in [6, 6.07) is 0.643. The van der Waals surface area contributed by atoms with E-state index in [-0.39, 0.29) is 5.54 Å². The molecule has 3 nitrogen and oxygen atoms in total. The molecule has 0 bridgehead atoms. The summed E-state index contributed by atoms with van der Waals surface area (Å²) >= 11 is 0. The number of nitrogens with zero attached hydrogens (tertiary/aromatic N) is 1. The third-order valence-corrected chi connectivity index (χ3v) is 4.79. The zero-order valence-corrected chi connectivity index (χ0v) is 12.7. The quantitative estimate of drug-likeness (QED) is 0.653. The van der Waals surface area contributed by atoms with Crippen molar-refractivity contribution < 1.29 is 4.74 Å². The first kappa shape index (κ1) is 15.9. The van der Waals surface area contributed by atoms with Gasteiger partial charge in [0.1, 0.15) is 0 Å². The van der Waals surface area contributed by atoms with Crippen molar-refractivity contribution in [3.63, 3.8) is 0 Å². The topological polar surface area (TPSA) is 38.5 Å². The lowest BCUT2D eigenvalue weighted by Gasteiger charge is -2.47. The Morgan fingerprint density at radius 3 is 2.22 bits per heavy atom. The van der Waals surface area contributed by atoms with Crippen LogP contribution in [0.3, 0.4) is 0 Å². The van der Waals surface area contributed by atoms with Crippen LogP contribution in [-0.4, -0.2) is 43.3 Å². The molecule has 0 aromatic rings. The van der Waals surface area contributed by atoms with Gasteiger partial charge in [-0.3, -0.25) is 4.90 Å². The summed E-state index contributed by atoms with van der Waals surface area (Å²) in [7, 11) is 1.79. The average molecular weight is 256 g/mol. The van der Waals surface area contributed by atoms with E-state index in [4.69, 9.17) is 10.5 Å². The molecule has 0 aromatic carbocycles. The summed E-state index contributed by atoms with van der Waals surface area (Å²) in [5.74, 6) is 0.810. The third kappa shape index (κ3) is 3.25. The van der Waals surface area contributed by atoms with Crippen LogP contribution in [-0.2, 0) is 4.74 Å². The van der Waals surface area contributed by atoms with Crippen LogP contribution in [0.25, 0.3) is 0 Å². The average Bonchev–Trinajstić information content (AvgIpc) is 3.23. The SMILES string of the molecule is CCC(CC)N(CCOC)C(CC)(CN)C1CC1. The van der Waals surface area contributed by atoms with Crippen LogP contribution in [0.15, 0.2) is 0 Å². The molecule has 1 fully saturated rings. The summed E-state index contributed by atoms with van der Waals surface area (Å²) in [6.07, 6.45) is 6.28. The molecule has 1 unspecified atom stereocenters. The van der Waals surface area contributed by atoms with E-state index in [0.717, 1.165) is 32.0 Å². The minimum absolute atomic E-state index is 0.217. The first-order valence-corrected chi connectivity index (χ1v) is 7.65. The van der Waals surface area contributed by atoms with Gasteiger partial charge >= 0.3 is 0 Å². The molecule has 0 radical (unpaired) electrons. The molecule has 1 rings (SSSR count). The maximum Gasteiger partial charge on any atom is 0.0590 e. The maximum atomic E-state index is 6.20. The fourth-order valence-electron chi connectivity index (χ4n) is 3.46. The van der Waals surface area contributed by atoms with Crippen molar-refractivity contribution in [3.05, 3.63) is 0 Å². The zero-order valence-electron chi connectivity index (χ0n) is 12.7. The van der Waals surface area contributed by atoms with Crippen LogP contribution in [0.4, 0.5) is 0 Å². The first-order chi connectivity index (χ1) is 8.69. The number of rotatable bonds is 10. The van der Waals surface area contributed by atoms with Gasteiger partial charge in [0, 0.05) is 31.8 Å². The minimum atomic E-state index is 0.217. The van der Waals surface area contributed by atoms with E-state index in [0.29, 0.717) is 6.04 Å². The lowest BCUT2D eigenvalue weighted by Crippen LogP contribution is -2.59. The van der Waals surface area contributed by atoms with E-state index >= 15 is 0 Å². The van der Waals surface area contributed by atoms with Gasteiger partial charge in [0.15, 0.2) is 0 Å². The lowest BCUT2D eigenvalue weighted by molar-refractivity contribution is 0.00281. The van der Waals surface area contributed by atoms with E-state index in [2.05, 4.69) is 25.7 Å². The van der Waals surface area contributed by atoms with Gasteiger partial charge in [-0.25, -0.2) is 0 Å². The van der Waals surface area contributed by atoms with E-state index in [9.17, 15) is 0 Å². The molecule has 108 valence electrons. The van der Waals surface area contributed by atoms with Crippen LogP contribution in [0, 0.1) is 5.92 Å². The normalized spacial score (nSPS) is 19.5. The Hall–Kier alpha value is -0.120. The van der Waals surface area contributed by atoms with Crippen molar-refractivity contribution in [1.29, 1.82) is 0 Å². The van der Waals surface area contributed by atoms with Crippen molar-refractivity contribution in [2.24, 2.45) is 11.7 Å². The van der Waals surface area contributed by atoms with Crippen LogP contribution >= 0.6 is 0 Å². The second-order valence-corrected chi connectivity index (χ2v) is 5.59. The Morgan fingerprint density at radius 1 is 1.28 bits per heavy atom. The van der Waals surface area contributed by atoms with Crippen molar-refractivity contribution in [3.8, 4) is 0 Å². The van der Waals surface area contributed by atoms with Crippen molar-refractivity contribution in [2.45, 2.75) is 64.5 Å². The van der Waals surface area contributed by atoms with Gasteiger partial charge in [-0.05, 0) is 38.0 Å². The number of ether oxygens (including phenoxy) is 1. The molecular weight excluding hydrogens is 224 g/mol.